The SMILES string of the molecule is C[C@@H]1Cc2ccccc2N1C(=O)c1ccc(OCc2ccncc2)cc1. The van der Waals surface area contributed by atoms with Crippen LogP contribution in [0.4, 0.5) is 5.69 Å². The van der Waals surface area contributed by atoms with Crippen molar-refractivity contribution < 1.29 is 9.53 Å². The first-order valence-corrected chi connectivity index (χ1v) is 8.75. The van der Waals surface area contributed by atoms with E-state index >= 15 is 0 Å². The lowest BCUT2D eigenvalue weighted by Crippen LogP contribution is -2.35. The molecule has 0 saturated carbocycles. The van der Waals surface area contributed by atoms with Crippen molar-refractivity contribution in [2.45, 2.75) is 26.0 Å². The smallest absolute Gasteiger partial charge is 0.258 e. The van der Waals surface area contributed by atoms with E-state index in [1.54, 1.807) is 12.4 Å². The average Bonchev–Trinajstić information content (AvgIpc) is 3.03. The van der Waals surface area contributed by atoms with Gasteiger partial charge in [-0.1, -0.05) is 18.2 Å². The summed E-state index contributed by atoms with van der Waals surface area (Å²) < 4.78 is 5.78. The topological polar surface area (TPSA) is 42.4 Å². The Kier molecular flexibility index (Phi) is 4.40. The second kappa shape index (κ2) is 7.00. The molecule has 1 atom stereocenters. The first-order chi connectivity index (χ1) is 12.7. The van der Waals surface area contributed by atoms with E-state index in [1.165, 1.54) is 5.56 Å². The van der Waals surface area contributed by atoms with E-state index in [0.717, 1.165) is 23.4 Å². The number of hydrogen-bond donors (Lipinski definition) is 0. The van der Waals surface area contributed by atoms with E-state index in [-0.39, 0.29) is 11.9 Å². The summed E-state index contributed by atoms with van der Waals surface area (Å²) in [4.78, 5) is 18.9. The standard InChI is InChI=1S/C22H20N2O2/c1-16-14-19-4-2-3-5-21(19)24(16)22(25)18-6-8-20(9-7-18)26-15-17-10-12-23-13-11-17/h2-13,16H,14-15H2,1H3/t16-/m1/s1. The summed E-state index contributed by atoms with van der Waals surface area (Å²) in [6.45, 7) is 2.57. The molecule has 0 radical (unpaired) electrons. The summed E-state index contributed by atoms with van der Waals surface area (Å²) in [6.07, 6.45) is 4.39. The van der Waals surface area contributed by atoms with E-state index in [1.807, 2.05) is 59.5 Å². The zero-order valence-electron chi connectivity index (χ0n) is 14.6. The molecule has 4 nitrogen and oxygen atoms in total. The van der Waals surface area contributed by atoms with Gasteiger partial charge in [0, 0.05) is 29.7 Å². The third kappa shape index (κ3) is 3.18. The molecule has 1 aromatic heterocycles. The van der Waals surface area contributed by atoms with Crippen LogP contribution in [-0.4, -0.2) is 16.9 Å². The minimum atomic E-state index is 0.0307. The number of aromatic nitrogens is 1. The normalized spacial score (nSPS) is 15.6. The summed E-state index contributed by atoms with van der Waals surface area (Å²) in [7, 11) is 0. The highest BCUT2D eigenvalue weighted by Crippen LogP contribution is 2.33. The first-order valence-electron chi connectivity index (χ1n) is 8.75. The van der Waals surface area contributed by atoms with Crippen molar-refractivity contribution in [1.29, 1.82) is 0 Å². The van der Waals surface area contributed by atoms with Gasteiger partial charge in [-0.25, -0.2) is 0 Å². The van der Waals surface area contributed by atoms with Crippen LogP contribution in [0.5, 0.6) is 5.75 Å². The van der Waals surface area contributed by atoms with Crippen molar-refractivity contribution in [3.63, 3.8) is 0 Å². The molecule has 2 heterocycles. The molecule has 2 aromatic carbocycles. The second-order valence-electron chi connectivity index (χ2n) is 6.53. The number of hydrogen-bond acceptors (Lipinski definition) is 3. The van der Waals surface area contributed by atoms with Crippen LogP contribution >= 0.6 is 0 Å². The number of nitrogens with zero attached hydrogens (tertiary/aromatic N) is 2. The molecule has 0 saturated heterocycles. The zero-order valence-corrected chi connectivity index (χ0v) is 14.6. The van der Waals surface area contributed by atoms with E-state index in [9.17, 15) is 4.79 Å². The summed E-state index contributed by atoms with van der Waals surface area (Å²) in [6, 6.07) is 19.5. The fourth-order valence-electron chi connectivity index (χ4n) is 3.35. The highest BCUT2D eigenvalue weighted by molar-refractivity contribution is 6.07. The van der Waals surface area contributed by atoms with Crippen LogP contribution in [0.15, 0.2) is 73.1 Å². The summed E-state index contributed by atoms with van der Waals surface area (Å²) >= 11 is 0. The highest BCUT2D eigenvalue weighted by Gasteiger charge is 2.31. The lowest BCUT2D eigenvalue weighted by atomic mass is 10.1. The molecule has 0 aliphatic carbocycles. The van der Waals surface area contributed by atoms with E-state index in [2.05, 4.69) is 18.0 Å². The second-order valence-corrected chi connectivity index (χ2v) is 6.53. The Balaban J connectivity index is 1.47. The first kappa shape index (κ1) is 16.3. The molecule has 0 spiro atoms. The van der Waals surface area contributed by atoms with Crippen molar-refractivity contribution in [1.82, 2.24) is 4.98 Å². The van der Waals surface area contributed by atoms with Gasteiger partial charge in [-0.15, -0.1) is 0 Å². The maximum absolute atomic E-state index is 13.0. The predicted octanol–water partition coefficient (Wildman–Crippen LogP) is 4.25. The van der Waals surface area contributed by atoms with Gasteiger partial charge in [0.25, 0.3) is 5.91 Å². The highest BCUT2D eigenvalue weighted by atomic mass is 16.5. The van der Waals surface area contributed by atoms with Crippen molar-refractivity contribution in [2.75, 3.05) is 4.90 Å². The predicted molar refractivity (Wildman–Crippen MR) is 101 cm³/mol. The van der Waals surface area contributed by atoms with Crippen molar-refractivity contribution in [2.24, 2.45) is 0 Å². The van der Waals surface area contributed by atoms with Crippen LogP contribution in [0.2, 0.25) is 0 Å². The number of rotatable bonds is 4. The number of carbonyl (C=O) groups is 1. The Hall–Kier alpha value is -3.14. The van der Waals surface area contributed by atoms with Gasteiger partial charge in [0.2, 0.25) is 0 Å². The van der Waals surface area contributed by atoms with Gasteiger partial charge in [-0.05, 0) is 66.9 Å². The van der Waals surface area contributed by atoms with Crippen LogP contribution < -0.4 is 9.64 Å². The summed E-state index contributed by atoms with van der Waals surface area (Å²) in [5, 5.41) is 0. The van der Waals surface area contributed by atoms with Crippen LogP contribution in [-0.2, 0) is 13.0 Å². The molecule has 0 bridgehead atoms. The molecule has 1 aliphatic rings. The molecule has 0 fully saturated rings. The lowest BCUT2D eigenvalue weighted by Gasteiger charge is -2.23. The molecule has 1 aliphatic heterocycles. The van der Waals surface area contributed by atoms with Gasteiger partial charge in [0.15, 0.2) is 0 Å². The molecule has 0 unspecified atom stereocenters. The largest absolute Gasteiger partial charge is 0.489 e. The maximum Gasteiger partial charge on any atom is 0.258 e. The zero-order chi connectivity index (χ0) is 17.9. The van der Waals surface area contributed by atoms with Gasteiger partial charge >= 0.3 is 0 Å². The van der Waals surface area contributed by atoms with Crippen molar-refractivity contribution >= 4 is 11.6 Å². The number of anilines is 1. The fourth-order valence-corrected chi connectivity index (χ4v) is 3.35. The Labute approximate surface area is 153 Å². The van der Waals surface area contributed by atoms with E-state index in [0.29, 0.717) is 12.2 Å². The third-order valence-corrected chi connectivity index (χ3v) is 4.68. The summed E-state index contributed by atoms with van der Waals surface area (Å²) in [5.41, 5.74) is 3.97. The average molecular weight is 344 g/mol. The number of fused-ring (bicyclic) bond motifs is 1. The fraction of sp³-hybridized carbons (Fsp3) is 0.182. The Morgan fingerprint density at radius 3 is 2.58 bits per heavy atom. The van der Waals surface area contributed by atoms with Gasteiger partial charge in [0.05, 0.1) is 0 Å². The Morgan fingerprint density at radius 2 is 1.81 bits per heavy atom. The number of benzene rings is 2. The number of para-hydroxylation sites is 1. The number of carbonyl (C=O) groups excluding carboxylic acids is 1. The van der Waals surface area contributed by atoms with Crippen LogP contribution in [0, 0.1) is 0 Å². The molecule has 3 aromatic rings. The number of pyridine rings is 1. The quantitative estimate of drug-likeness (QED) is 0.710. The maximum atomic E-state index is 13.0. The van der Waals surface area contributed by atoms with Crippen molar-refractivity contribution in [3.05, 3.63) is 89.7 Å². The Bertz CT molecular complexity index is 907. The van der Waals surface area contributed by atoms with Crippen molar-refractivity contribution in [3.8, 4) is 5.75 Å². The van der Waals surface area contributed by atoms with Gasteiger partial charge in [-0.3, -0.25) is 9.78 Å². The molecule has 4 rings (SSSR count). The van der Waals surface area contributed by atoms with Crippen LogP contribution in [0.25, 0.3) is 0 Å². The Morgan fingerprint density at radius 1 is 1.08 bits per heavy atom. The van der Waals surface area contributed by atoms with Gasteiger partial charge in [-0.2, -0.15) is 0 Å². The molecule has 26 heavy (non-hydrogen) atoms. The monoisotopic (exact) mass is 344 g/mol. The molecule has 4 heteroatoms. The molecule has 1 amide bonds. The van der Waals surface area contributed by atoms with Gasteiger partial charge in [0.1, 0.15) is 12.4 Å². The molecular formula is C22H20N2O2. The van der Waals surface area contributed by atoms with Crippen LogP contribution in [0.1, 0.15) is 28.4 Å². The van der Waals surface area contributed by atoms with Crippen LogP contribution in [0.3, 0.4) is 0 Å². The molecule has 0 N–H and O–H groups in total. The van der Waals surface area contributed by atoms with E-state index in [4.69, 9.17) is 4.74 Å². The summed E-state index contributed by atoms with van der Waals surface area (Å²) in [5.74, 6) is 0.774. The lowest BCUT2D eigenvalue weighted by molar-refractivity contribution is 0.0981. The van der Waals surface area contributed by atoms with E-state index < -0.39 is 0 Å². The third-order valence-electron chi connectivity index (χ3n) is 4.68. The number of ether oxygens (including phenoxy) is 1. The number of amides is 1. The minimum absolute atomic E-state index is 0.0307. The molecular weight excluding hydrogens is 324 g/mol. The minimum Gasteiger partial charge on any atom is -0.489 e. The van der Waals surface area contributed by atoms with Gasteiger partial charge < -0.3 is 9.64 Å². The molecule has 130 valence electrons.